The van der Waals surface area contributed by atoms with E-state index < -0.39 is 5.41 Å². The minimum Gasteiger partial charge on any atom is -0.342 e. The van der Waals surface area contributed by atoms with Crippen LogP contribution >= 0.6 is 0 Å². The van der Waals surface area contributed by atoms with Gasteiger partial charge in [0.15, 0.2) is 0 Å². The fourth-order valence-corrected chi connectivity index (χ4v) is 3.76. The fourth-order valence-electron chi connectivity index (χ4n) is 3.76. The van der Waals surface area contributed by atoms with Gasteiger partial charge in [-0.3, -0.25) is 4.57 Å². The number of imidazole rings is 2. The minimum atomic E-state index is -0.412. The zero-order chi connectivity index (χ0) is 21.6. The first kappa shape index (κ1) is 19.0. The van der Waals surface area contributed by atoms with E-state index in [9.17, 15) is 4.79 Å². The Morgan fingerprint density at radius 2 is 1.94 bits per heavy atom. The van der Waals surface area contributed by atoms with Crippen LogP contribution in [-0.2, 0) is 11.8 Å². The molecule has 3 aromatic heterocycles. The van der Waals surface area contributed by atoms with E-state index in [1.54, 1.807) is 10.8 Å². The highest BCUT2D eigenvalue weighted by atomic mass is 16.5. The van der Waals surface area contributed by atoms with Crippen LogP contribution in [0.1, 0.15) is 31.3 Å². The molecule has 0 atom stereocenters. The van der Waals surface area contributed by atoms with Crippen LogP contribution in [0, 0.1) is 6.92 Å². The standard InChI is InChI=1S/C23H22N6O2/c1-14-13-24-22(30)29(14)16-8-6-7-15(11-16)20-27-21(31-28-20)23(2,3)12-19-25-17-9-4-5-10-18(17)26-19/h4-11,13H,12H2,1-3H3,(H,24,30)(H,25,26). The van der Waals surface area contributed by atoms with Gasteiger partial charge in [-0.25, -0.2) is 9.78 Å². The molecule has 156 valence electrons. The zero-order valence-electron chi connectivity index (χ0n) is 17.5. The highest BCUT2D eigenvalue weighted by Gasteiger charge is 2.30. The molecule has 31 heavy (non-hydrogen) atoms. The summed E-state index contributed by atoms with van der Waals surface area (Å²) >= 11 is 0. The number of aromatic amines is 2. The molecule has 0 saturated carbocycles. The van der Waals surface area contributed by atoms with Gasteiger partial charge in [-0.2, -0.15) is 4.98 Å². The third-order valence-corrected chi connectivity index (χ3v) is 5.38. The zero-order valence-corrected chi connectivity index (χ0v) is 17.5. The number of rotatable bonds is 5. The van der Waals surface area contributed by atoms with Crippen molar-refractivity contribution in [1.82, 2.24) is 29.7 Å². The van der Waals surface area contributed by atoms with Gasteiger partial charge in [0.25, 0.3) is 0 Å². The van der Waals surface area contributed by atoms with Crippen molar-refractivity contribution in [2.45, 2.75) is 32.6 Å². The second-order valence-electron chi connectivity index (χ2n) is 8.31. The van der Waals surface area contributed by atoms with E-state index in [1.165, 1.54) is 0 Å². The van der Waals surface area contributed by atoms with Gasteiger partial charge >= 0.3 is 5.69 Å². The number of H-pyrrole nitrogens is 2. The summed E-state index contributed by atoms with van der Waals surface area (Å²) in [7, 11) is 0. The van der Waals surface area contributed by atoms with Crippen molar-refractivity contribution in [2.24, 2.45) is 0 Å². The molecule has 2 aromatic carbocycles. The van der Waals surface area contributed by atoms with Gasteiger partial charge in [-0.1, -0.05) is 43.3 Å². The SMILES string of the molecule is Cc1c[nH]c(=O)n1-c1cccc(-c2noc(C(C)(C)Cc3nc4ccccc4[nH]3)n2)c1. The van der Waals surface area contributed by atoms with Crippen LogP contribution in [0.15, 0.2) is 64.0 Å². The Kier molecular flexibility index (Phi) is 4.35. The molecule has 3 heterocycles. The van der Waals surface area contributed by atoms with Crippen LogP contribution in [0.4, 0.5) is 0 Å². The number of fused-ring (bicyclic) bond motifs is 1. The first-order chi connectivity index (χ1) is 14.9. The second kappa shape index (κ2) is 7.09. The molecule has 0 unspecified atom stereocenters. The highest BCUT2D eigenvalue weighted by Crippen LogP contribution is 2.29. The van der Waals surface area contributed by atoms with Gasteiger partial charge in [0.05, 0.1) is 22.1 Å². The second-order valence-corrected chi connectivity index (χ2v) is 8.31. The lowest BCUT2D eigenvalue weighted by molar-refractivity contribution is 0.303. The summed E-state index contributed by atoms with van der Waals surface area (Å²) in [4.78, 5) is 27.5. The number of nitrogens with one attached hydrogen (secondary N) is 2. The number of aromatic nitrogens is 6. The molecule has 8 nitrogen and oxygen atoms in total. The summed E-state index contributed by atoms with van der Waals surface area (Å²) in [5.41, 5.74) is 3.69. The van der Waals surface area contributed by atoms with Gasteiger partial charge in [0, 0.05) is 23.9 Å². The maximum atomic E-state index is 12.1. The number of hydrogen-bond acceptors (Lipinski definition) is 5. The van der Waals surface area contributed by atoms with Crippen LogP contribution in [0.2, 0.25) is 0 Å². The maximum absolute atomic E-state index is 12.1. The van der Waals surface area contributed by atoms with E-state index in [-0.39, 0.29) is 5.69 Å². The summed E-state index contributed by atoms with van der Waals surface area (Å²) in [6, 6.07) is 15.5. The van der Waals surface area contributed by atoms with Crippen LogP contribution in [-0.4, -0.2) is 29.7 Å². The molecule has 0 spiro atoms. The van der Waals surface area contributed by atoms with Gasteiger partial charge in [0.1, 0.15) is 5.82 Å². The topological polar surface area (TPSA) is 105 Å². The lowest BCUT2D eigenvalue weighted by Crippen LogP contribution is -2.21. The first-order valence-corrected chi connectivity index (χ1v) is 10.1. The molecule has 2 N–H and O–H groups in total. The Morgan fingerprint density at radius 3 is 2.71 bits per heavy atom. The molecule has 5 rings (SSSR count). The molecular formula is C23H22N6O2. The average Bonchev–Trinajstić information content (AvgIpc) is 3.46. The minimum absolute atomic E-state index is 0.185. The molecule has 0 fully saturated rings. The Balaban J connectivity index is 1.44. The molecule has 5 aromatic rings. The molecule has 0 aliphatic heterocycles. The van der Waals surface area contributed by atoms with Crippen LogP contribution in [0.25, 0.3) is 28.1 Å². The maximum Gasteiger partial charge on any atom is 0.330 e. The van der Waals surface area contributed by atoms with Gasteiger partial charge < -0.3 is 14.5 Å². The number of aryl methyl sites for hydroxylation is 1. The normalized spacial score (nSPS) is 12.0. The molecular weight excluding hydrogens is 392 g/mol. The summed E-state index contributed by atoms with van der Waals surface area (Å²) in [6.45, 7) is 5.98. The predicted octanol–water partition coefficient (Wildman–Crippen LogP) is 3.92. The van der Waals surface area contributed by atoms with E-state index in [2.05, 4.69) is 38.9 Å². The van der Waals surface area contributed by atoms with Crippen molar-refractivity contribution < 1.29 is 4.52 Å². The van der Waals surface area contributed by atoms with Crippen molar-refractivity contribution in [2.75, 3.05) is 0 Å². The van der Waals surface area contributed by atoms with Crippen LogP contribution in [0.5, 0.6) is 0 Å². The molecule has 0 amide bonds. The smallest absolute Gasteiger partial charge is 0.330 e. The third-order valence-electron chi connectivity index (χ3n) is 5.38. The Bertz CT molecular complexity index is 1400. The molecule has 0 aliphatic carbocycles. The van der Waals surface area contributed by atoms with E-state index >= 15 is 0 Å². The fraction of sp³-hybridized carbons (Fsp3) is 0.217. The van der Waals surface area contributed by atoms with Crippen molar-refractivity contribution in [3.63, 3.8) is 0 Å². The van der Waals surface area contributed by atoms with Crippen molar-refractivity contribution in [3.05, 3.63) is 82.6 Å². The van der Waals surface area contributed by atoms with Crippen LogP contribution in [0.3, 0.4) is 0 Å². The average molecular weight is 414 g/mol. The third kappa shape index (κ3) is 3.46. The van der Waals surface area contributed by atoms with Crippen molar-refractivity contribution in [3.8, 4) is 17.1 Å². The number of hydrogen-bond donors (Lipinski definition) is 2. The predicted molar refractivity (Wildman–Crippen MR) is 117 cm³/mol. The van der Waals surface area contributed by atoms with Crippen molar-refractivity contribution >= 4 is 11.0 Å². The molecule has 0 saturated heterocycles. The quantitative estimate of drug-likeness (QED) is 0.453. The Labute approximate surface area is 178 Å². The summed E-state index contributed by atoms with van der Waals surface area (Å²) in [5.74, 6) is 1.88. The summed E-state index contributed by atoms with van der Waals surface area (Å²) < 4.78 is 7.24. The first-order valence-electron chi connectivity index (χ1n) is 10.1. The molecule has 8 heteroatoms. The Hall–Kier alpha value is -3.94. The number of para-hydroxylation sites is 2. The van der Waals surface area contributed by atoms with E-state index in [0.29, 0.717) is 18.1 Å². The lowest BCUT2D eigenvalue weighted by Gasteiger charge is -2.17. The molecule has 0 bridgehead atoms. The molecule has 0 aliphatic rings. The summed E-state index contributed by atoms with van der Waals surface area (Å²) in [5, 5.41) is 4.19. The number of nitrogens with zero attached hydrogens (tertiary/aromatic N) is 4. The van der Waals surface area contributed by atoms with E-state index in [1.807, 2.05) is 55.5 Å². The number of benzene rings is 2. The summed E-state index contributed by atoms with van der Waals surface area (Å²) in [6.07, 6.45) is 2.31. The molecule has 0 radical (unpaired) electrons. The Morgan fingerprint density at radius 1 is 1.10 bits per heavy atom. The van der Waals surface area contributed by atoms with Crippen molar-refractivity contribution in [1.29, 1.82) is 0 Å². The van der Waals surface area contributed by atoms with E-state index in [0.717, 1.165) is 33.8 Å². The monoisotopic (exact) mass is 414 g/mol. The highest BCUT2D eigenvalue weighted by molar-refractivity contribution is 5.74. The van der Waals surface area contributed by atoms with Gasteiger partial charge in [-0.05, 0) is 31.2 Å². The van der Waals surface area contributed by atoms with Gasteiger partial charge in [-0.15, -0.1) is 0 Å². The largest absolute Gasteiger partial charge is 0.342 e. The van der Waals surface area contributed by atoms with E-state index in [4.69, 9.17) is 4.52 Å². The van der Waals surface area contributed by atoms with Gasteiger partial charge in [0.2, 0.25) is 11.7 Å². The van der Waals surface area contributed by atoms with Crippen LogP contribution < -0.4 is 5.69 Å². The lowest BCUT2D eigenvalue weighted by atomic mass is 9.89.